The lowest BCUT2D eigenvalue weighted by Gasteiger charge is -2.10. The Balaban J connectivity index is 2.30. The maximum Gasteiger partial charge on any atom is 0.412 e. The zero-order chi connectivity index (χ0) is 22.3. The molecule has 1 N–H and O–H groups in total. The number of esters is 1. The van der Waals surface area contributed by atoms with Crippen molar-refractivity contribution in [2.45, 2.75) is 13.5 Å². The van der Waals surface area contributed by atoms with Crippen LogP contribution in [0.5, 0.6) is 0 Å². The summed E-state index contributed by atoms with van der Waals surface area (Å²) >= 11 is 0. The van der Waals surface area contributed by atoms with Gasteiger partial charge in [0.25, 0.3) is 0 Å². The van der Waals surface area contributed by atoms with Gasteiger partial charge in [0.2, 0.25) is 0 Å². The van der Waals surface area contributed by atoms with Crippen molar-refractivity contribution in [1.82, 2.24) is 5.32 Å². The highest BCUT2D eigenvalue weighted by atomic mass is 16.6. The zero-order valence-corrected chi connectivity index (χ0v) is 16.0. The Morgan fingerprint density at radius 2 is 1.77 bits per heavy atom. The molecule has 11 nitrogen and oxygen atoms in total. The maximum absolute atomic E-state index is 12.0. The van der Waals surface area contributed by atoms with Crippen LogP contribution in [0, 0.1) is 27.2 Å². The lowest BCUT2D eigenvalue weighted by atomic mass is 10.1. The van der Waals surface area contributed by atoms with Crippen molar-refractivity contribution in [2.24, 2.45) is 0 Å². The van der Waals surface area contributed by atoms with Crippen LogP contribution in [0.4, 0.5) is 16.2 Å². The molecule has 2 rings (SSSR count). The summed E-state index contributed by atoms with van der Waals surface area (Å²) in [4.78, 5) is 44.6. The molecule has 0 atom stereocenters. The molecule has 0 fully saturated rings. The Morgan fingerprint density at radius 3 is 2.33 bits per heavy atom. The molecule has 0 aromatic heterocycles. The monoisotopic (exact) mass is 415 g/mol. The van der Waals surface area contributed by atoms with Crippen molar-refractivity contribution >= 4 is 29.5 Å². The summed E-state index contributed by atoms with van der Waals surface area (Å²) in [7, 11) is 1.08. The van der Waals surface area contributed by atoms with E-state index < -0.39 is 33.3 Å². The molecule has 0 saturated carbocycles. The third kappa shape index (κ3) is 5.61. The number of ether oxygens (including phenoxy) is 2. The standard InChI is InChI=1S/C19H17N3O8/c1-12-8-14(10-16(21(25)26)17(12)22(27)28)9-15(18(23)29-2)20-19(24)30-11-13-6-4-3-5-7-13/h3-10H,11H2,1-2H3,(H,20,24)/b15-9-. The zero-order valence-electron chi connectivity index (χ0n) is 16.0. The van der Waals surface area contributed by atoms with Crippen LogP contribution in [0.15, 0.2) is 48.2 Å². The Kier molecular flexibility index (Phi) is 7.17. The normalized spacial score (nSPS) is 10.8. The van der Waals surface area contributed by atoms with Crippen LogP contribution in [-0.2, 0) is 20.9 Å². The lowest BCUT2D eigenvalue weighted by Crippen LogP contribution is -2.28. The fraction of sp³-hybridized carbons (Fsp3) is 0.158. The third-order valence-corrected chi connectivity index (χ3v) is 3.85. The van der Waals surface area contributed by atoms with Crippen molar-refractivity contribution in [3.05, 3.63) is 85.1 Å². The topological polar surface area (TPSA) is 151 Å². The molecule has 156 valence electrons. The fourth-order valence-electron chi connectivity index (χ4n) is 2.54. The number of benzene rings is 2. The average molecular weight is 415 g/mol. The molecule has 30 heavy (non-hydrogen) atoms. The van der Waals surface area contributed by atoms with Crippen molar-refractivity contribution in [3.8, 4) is 0 Å². The first-order valence-corrected chi connectivity index (χ1v) is 8.44. The van der Waals surface area contributed by atoms with Gasteiger partial charge in [0.1, 0.15) is 12.3 Å². The van der Waals surface area contributed by atoms with E-state index in [1.54, 1.807) is 30.3 Å². The van der Waals surface area contributed by atoms with Crippen molar-refractivity contribution in [2.75, 3.05) is 7.11 Å². The van der Waals surface area contributed by atoms with E-state index in [-0.39, 0.29) is 23.4 Å². The Bertz CT molecular complexity index is 1020. The van der Waals surface area contributed by atoms with E-state index in [2.05, 4.69) is 10.1 Å². The molecule has 0 radical (unpaired) electrons. The van der Waals surface area contributed by atoms with Crippen molar-refractivity contribution < 1.29 is 28.9 Å². The highest BCUT2D eigenvalue weighted by Gasteiger charge is 2.27. The van der Waals surface area contributed by atoms with Gasteiger partial charge in [0.05, 0.1) is 17.0 Å². The van der Waals surface area contributed by atoms with Gasteiger partial charge in [-0.25, -0.2) is 9.59 Å². The number of nitrogens with one attached hydrogen (secondary N) is 1. The first-order chi connectivity index (χ1) is 14.2. The average Bonchev–Trinajstić information content (AvgIpc) is 2.71. The number of aryl methyl sites for hydroxylation is 1. The van der Waals surface area contributed by atoms with Crippen LogP contribution < -0.4 is 5.32 Å². The van der Waals surface area contributed by atoms with Crippen LogP contribution in [0.3, 0.4) is 0 Å². The second-order valence-corrected chi connectivity index (χ2v) is 5.96. The molecule has 2 aromatic rings. The van der Waals surface area contributed by atoms with Gasteiger partial charge < -0.3 is 9.47 Å². The molecule has 0 heterocycles. The molecule has 0 aliphatic carbocycles. The minimum atomic E-state index is -0.955. The highest BCUT2D eigenvalue weighted by molar-refractivity contribution is 5.96. The number of carbonyl (C=O) groups excluding carboxylic acids is 2. The fourth-order valence-corrected chi connectivity index (χ4v) is 2.54. The van der Waals surface area contributed by atoms with Gasteiger partial charge >= 0.3 is 23.4 Å². The molecule has 1 amide bonds. The summed E-state index contributed by atoms with van der Waals surface area (Å²) < 4.78 is 9.63. The molecule has 2 aromatic carbocycles. The SMILES string of the molecule is COC(=O)/C(=C/c1cc(C)c([N+](=O)[O-])c([N+](=O)[O-])c1)NC(=O)OCc1ccccc1. The van der Waals surface area contributed by atoms with Gasteiger partial charge in [-0.05, 0) is 30.2 Å². The number of rotatable bonds is 7. The first kappa shape index (κ1) is 22.0. The summed E-state index contributed by atoms with van der Waals surface area (Å²) in [5, 5.41) is 24.5. The van der Waals surface area contributed by atoms with Gasteiger partial charge in [-0.1, -0.05) is 30.3 Å². The number of amides is 1. The van der Waals surface area contributed by atoms with Crippen LogP contribution in [0.25, 0.3) is 6.08 Å². The van der Waals surface area contributed by atoms with Gasteiger partial charge in [0, 0.05) is 11.6 Å². The third-order valence-electron chi connectivity index (χ3n) is 3.85. The molecule has 0 spiro atoms. The van der Waals surface area contributed by atoms with E-state index in [1.165, 1.54) is 13.0 Å². The summed E-state index contributed by atoms with van der Waals surface area (Å²) in [6, 6.07) is 11.0. The van der Waals surface area contributed by atoms with E-state index in [0.29, 0.717) is 0 Å². The van der Waals surface area contributed by atoms with Crippen LogP contribution >= 0.6 is 0 Å². The van der Waals surface area contributed by atoms with Crippen molar-refractivity contribution in [3.63, 3.8) is 0 Å². The number of nitro benzene ring substituents is 2. The van der Waals surface area contributed by atoms with Gasteiger partial charge in [0.15, 0.2) is 0 Å². The minimum Gasteiger partial charge on any atom is -0.464 e. The molecule has 0 bridgehead atoms. The number of alkyl carbamates (subject to hydrolysis) is 1. The predicted octanol–water partition coefficient (Wildman–Crippen LogP) is 3.25. The van der Waals surface area contributed by atoms with E-state index in [0.717, 1.165) is 24.8 Å². The number of nitrogens with zero attached hydrogens (tertiary/aromatic N) is 2. The van der Waals surface area contributed by atoms with E-state index >= 15 is 0 Å². The largest absolute Gasteiger partial charge is 0.464 e. The van der Waals surface area contributed by atoms with Gasteiger partial charge in [-0.15, -0.1) is 0 Å². The number of carbonyl (C=O) groups is 2. The van der Waals surface area contributed by atoms with E-state index in [9.17, 15) is 29.8 Å². The molecular weight excluding hydrogens is 398 g/mol. The van der Waals surface area contributed by atoms with E-state index in [4.69, 9.17) is 4.74 Å². The van der Waals surface area contributed by atoms with Gasteiger partial charge in [-0.3, -0.25) is 25.5 Å². The highest BCUT2D eigenvalue weighted by Crippen LogP contribution is 2.32. The van der Waals surface area contributed by atoms with Crippen molar-refractivity contribution in [1.29, 1.82) is 0 Å². The van der Waals surface area contributed by atoms with Crippen LogP contribution in [0.1, 0.15) is 16.7 Å². The summed E-state index contributed by atoms with van der Waals surface area (Å²) in [5.74, 6) is -0.940. The molecule has 11 heteroatoms. The molecule has 0 unspecified atom stereocenters. The van der Waals surface area contributed by atoms with Crippen LogP contribution in [0.2, 0.25) is 0 Å². The molecular formula is C19H17N3O8. The van der Waals surface area contributed by atoms with Gasteiger partial charge in [-0.2, -0.15) is 0 Å². The van der Waals surface area contributed by atoms with E-state index in [1.807, 2.05) is 0 Å². The minimum absolute atomic E-state index is 0.0105. The Labute approximate surface area is 170 Å². The second kappa shape index (κ2) is 9.78. The molecule has 0 saturated heterocycles. The Morgan fingerprint density at radius 1 is 1.10 bits per heavy atom. The lowest BCUT2D eigenvalue weighted by molar-refractivity contribution is -0.422. The number of hydrogen-bond acceptors (Lipinski definition) is 8. The molecule has 0 aliphatic heterocycles. The summed E-state index contributed by atoms with van der Waals surface area (Å²) in [6.45, 7) is 1.27. The summed E-state index contributed by atoms with van der Waals surface area (Å²) in [6.07, 6.45) is 0.142. The number of methoxy groups -OCH3 is 1. The van der Waals surface area contributed by atoms with Crippen LogP contribution in [-0.4, -0.2) is 29.0 Å². The maximum atomic E-state index is 12.0. The number of nitro groups is 2. The second-order valence-electron chi connectivity index (χ2n) is 5.96. The predicted molar refractivity (Wildman–Crippen MR) is 104 cm³/mol. The first-order valence-electron chi connectivity index (χ1n) is 8.44. The number of hydrogen-bond donors (Lipinski definition) is 1. The smallest absolute Gasteiger partial charge is 0.412 e. The molecule has 0 aliphatic rings. The Hall–Kier alpha value is -4.28. The quantitative estimate of drug-likeness (QED) is 0.313. The summed E-state index contributed by atoms with van der Waals surface area (Å²) in [5.41, 5.74) is -0.963.